The lowest BCUT2D eigenvalue weighted by Crippen LogP contribution is -2.07. The SMILES string of the molecule is Cc1cccc(CNc2ncc(C(=O)c3cccc(C(F)(F)F)c3)s2)c1. The molecular formula is C19H15F3N2OS. The van der Waals surface area contributed by atoms with Crippen LogP contribution in [0.1, 0.15) is 31.9 Å². The Bertz CT molecular complexity index is 934. The second-order valence-electron chi connectivity index (χ2n) is 5.78. The molecule has 0 aliphatic rings. The summed E-state index contributed by atoms with van der Waals surface area (Å²) in [6.07, 6.45) is -3.10. The fraction of sp³-hybridized carbons (Fsp3) is 0.158. The summed E-state index contributed by atoms with van der Waals surface area (Å²) in [7, 11) is 0. The van der Waals surface area contributed by atoms with Crippen LogP contribution in [0, 0.1) is 6.92 Å². The van der Waals surface area contributed by atoms with Crippen molar-refractivity contribution in [3.05, 3.63) is 81.9 Å². The standard InChI is InChI=1S/C19H15F3N2OS/c1-12-4-2-5-13(8-12)10-23-18-24-11-16(26-18)17(25)14-6-3-7-15(9-14)19(20,21)22/h2-9,11H,10H2,1H3,(H,23,24). The molecule has 1 N–H and O–H groups in total. The van der Waals surface area contributed by atoms with Gasteiger partial charge in [-0.05, 0) is 24.6 Å². The number of hydrogen-bond acceptors (Lipinski definition) is 4. The van der Waals surface area contributed by atoms with Crippen molar-refractivity contribution in [3.8, 4) is 0 Å². The molecule has 2 aromatic carbocycles. The lowest BCUT2D eigenvalue weighted by molar-refractivity contribution is -0.137. The number of anilines is 1. The Balaban J connectivity index is 1.72. The van der Waals surface area contributed by atoms with Crippen LogP contribution in [0.25, 0.3) is 0 Å². The molecule has 3 rings (SSSR count). The molecule has 0 aliphatic carbocycles. The predicted octanol–water partition coefficient (Wildman–Crippen LogP) is 5.31. The second-order valence-corrected chi connectivity index (χ2v) is 6.81. The maximum atomic E-state index is 12.8. The fourth-order valence-electron chi connectivity index (χ4n) is 2.44. The van der Waals surface area contributed by atoms with E-state index in [0.29, 0.717) is 11.7 Å². The maximum Gasteiger partial charge on any atom is 0.416 e. The molecule has 0 aliphatic heterocycles. The maximum absolute atomic E-state index is 12.8. The van der Waals surface area contributed by atoms with Gasteiger partial charge in [-0.25, -0.2) is 4.98 Å². The first-order chi connectivity index (χ1) is 12.3. The van der Waals surface area contributed by atoms with E-state index >= 15 is 0 Å². The highest BCUT2D eigenvalue weighted by atomic mass is 32.1. The van der Waals surface area contributed by atoms with Crippen LogP contribution in [0.3, 0.4) is 0 Å². The van der Waals surface area contributed by atoms with E-state index in [1.165, 1.54) is 18.3 Å². The number of aromatic nitrogens is 1. The van der Waals surface area contributed by atoms with Crippen LogP contribution < -0.4 is 5.32 Å². The number of thiazole rings is 1. The third-order valence-electron chi connectivity index (χ3n) is 3.71. The number of hydrogen-bond donors (Lipinski definition) is 1. The Labute approximate surface area is 152 Å². The Morgan fingerprint density at radius 1 is 1.15 bits per heavy atom. The number of carbonyl (C=O) groups is 1. The third kappa shape index (κ3) is 4.29. The van der Waals surface area contributed by atoms with Gasteiger partial charge in [0.2, 0.25) is 5.78 Å². The highest BCUT2D eigenvalue weighted by Gasteiger charge is 2.31. The average Bonchev–Trinajstić information content (AvgIpc) is 3.08. The number of halogens is 3. The summed E-state index contributed by atoms with van der Waals surface area (Å²) in [4.78, 5) is 16.9. The van der Waals surface area contributed by atoms with Crippen LogP contribution in [0.5, 0.6) is 0 Å². The Morgan fingerprint density at radius 3 is 2.65 bits per heavy atom. The minimum atomic E-state index is -4.48. The lowest BCUT2D eigenvalue weighted by Gasteiger charge is -2.07. The molecule has 3 aromatic rings. The van der Waals surface area contributed by atoms with Gasteiger partial charge in [0, 0.05) is 12.1 Å². The van der Waals surface area contributed by atoms with Crippen LogP contribution in [0.15, 0.2) is 54.7 Å². The molecule has 0 saturated heterocycles. The number of rotatable bonds is 5. The number of carbonyl (C=O) groups excluding carboxylic acids is 1. The summed E-state index contributed by atoms with van der Waals surface area (Å²) in [5.41, 5.74) is 1.37. The molecule has 0 unspecified atom stereocenters. The minimum Gasteiger partial charge on any atom is -0.357 e. The molecule has 0 spiro atoms. The molecule has 1 heterocycles. The van der Waals surface area contributed by atoms with Crippen LogP contribution in [-0.4, -0.2) is 10.8 Å². The van der Waals surface area contributed by atoms with Gasteiger partial charge in [0.25, 0.3) is 0 Å². The van der Waals surface area contributed by atoms with Crippen molar-refractivity contribution in [1.29, 1.82) is 0 Å². The van der Waals surface area contributed by atoms with Gasteiger partial charge in [0.1, 0.15) is 0 Å². The number of nitrogens with zero attached hydrogens (tertiary/aromatic N) is 1. The van der Waals surface area contributed by atoms with E-state index in [9.17, 15) is 18.0 Å². The molecule has 0 fully saturated rings. The number of aryl methyl sites for hydroxylation is 1. The molecule has 3 nitrogen and oxygen atoms in total. The topological polar surface area (TPSA) is 42.0 Å². The highest BCUT2D eigenvalue weighted by molar-refractivity contribution is 7.17. The molecule has 1 aromatic heterocycles. The average molecular weight is 376 g/mol. The van der Waals surface area contributed by atoms with Crippen molar-refractivity contribution >= 4 is 22.3 Å². The lowest BCUT2D eigenvalue weighted by atomic mass is 10.1. The zero-order chi connectivity index (χ0) is 18.7. The fourth-order valence-corrected chi connectivity index (χ4v) is 3.21. The first kappa shape index (κ1) is 18.1. The van der Waals surface area contributed by atoms with E-state index in [1.807, 2.05) is 31.2 Å². The van der Waals surface area contributed by atoms with Crippen LogP contribution in [0.4, 0.5) is 18.3 Å². The molecular weight excluding hydrogens is 361 g/mol. The zero-order valence-corrected chi connectivity index (χ0v) is 14.6. The molecule has 0 radical (unpaired) electrons. The third-order valence-corrected chi connectivity index (χ3v) is 4.66. The van der Waals surface area contributed by atoms with Gasteiger partial charge in [-0.2, -0.15) is 13.2 Å². The van der Waals surface area contributed by atoms with Crippen LogP contribution in [0.2, 0.25) is 0 Å². The van der Waals surface area contributed by atoms with Crippen molar-refractivity contribution in [2.45, 2.75) is 19.6 Å². The van der Waals surface area contributed by atoms with Gasteiger partial charge in [-0.3, -0.25) is 4.79 Å². The smallest absolute Gasteiger partial charge is 0.357 e. The molecule has 0 atom stereocenters. The largest absolute Gasteiger partial charge is 0.416 e. The van der Waals surface area contributed by atoms with E-state index in [0.717, 1.165) is 34.6 Å². The summed E-state index contributed by atoms with van der Waals surface area (Å²) >= 11 is 1.12. The summed E-state index contributed by atoms with van der Waals surface area (Å²) in [5.74, 6) is -0.475. The highest BCUT2D eigenvalue weighted by Crippen LogP contribution is 2.30. The Kier molecular flexibility index (Phi) is 5.08. The zero-order valence-electron chi connectivity index (χ0n) is 13.8. The van der Waals surface area contributed by atoms with Crippen LogP contribution in [-0.2, 0) is 12.7 Å². The van der Waals surface area contributed by atoms with Crippen molar-refractivity contribution in [1.82, 2.24) is 4.98 Å². The number of nitrogens with one attached hydrogen (secondary N) is 1. The van der Waals surface area contributed by atoms with Gasteiger partial charge in [-0.15, -0.1) is 0 Å². The summed E-state index contributed by atoms with van der Waals surface area (Å²) in [6, 6.07) is 12.4. The normalized spacial score (nSPS) is 11.4. The van der Waals surface area contributed by atoms with E-state index < -0.39 is 17.5 Å². The van der Waals surface area contributed by atoms with E-state index in [-0.39, 0.29) is 10.4 Å². The molecule has 7 heteroatoms. The summed E-state index contributed by atoms with van der Waals surface area (Å²) in [6.45, 7) is 2.55. The number of alkyl halides is 3. The molecule has 26 heavy (non-hydrogen) atoms. The van der Waals surface area contributed by atoms with Gasteiger partial charge in [0.15, 0.2) is 5.13 Å². The molecule has 134 valence electrons. The second kappa shape index (κ2) is 7.29. The van der Waals surface area contributed by atoms with Crippen molar-refractivity contribution in [3.63, 3.8) is 0 Å². The van der Waals surface area contributed by atoms with Gasteiger partial charge in [0.05, 0.1) is 16.6 Å². The Hall–Kier alpha value is -2.67. The van der Waals surface area contributed by atoms with E-state index in [2.05, 4.69) is 10.3 Å². The minimum absolute atomic E-state index is 0.00582. The first-order valence-corrected chi connectivity index (χ1v) is 8.62. The van der Waals surface area contributed by atoms with Gasteiger partial charge >= 0.3 is 6.18 Å². The molecule has 0 amide bonds. The summed E-state index contributed by atoms with van der Waals surface area (Å²) < 4.78 is 38.4. The van der Waals surface area contributed by atoms with Crippen LogP contribution >= 0.6 is 11.3 Å². The van der Waals surface area contributed by atoms with Crippen molar-refractivity contribution in [2.24, 2.45) is 0 Å². The predicted molar refractivity (Wildman–Crippen MR) is 95.5 cm³/mol. The van der Waals surface area contributed by atoms with Gasteiger partial charge < -0.3 is 5.32 Å². The monoisotopic (exact) mass is 376 g/mol. The van der Waals surface area contributed by atoms with Crippen molar-refractivity contribution < 1.29 is 18.0 Å². The number of benzene rings is 2. The van der Waals surface area contributed by atoms with Gasteiger partial charge in [-0.1, -0.05) is 53.3 Å². The number of ketones is 1. The quantitative estimate of drug-likeness (QED) is 0.614. The molecule has 0 bridgehead atoms. The van der Waals surface area contributed by atoms with Crippen molar-refractivity contribution in [2.75, 3.05) is 5.32 Å². The Morgan fingerprint density at radius 2 is 1.92 bits per heavy atom. The van der Waals surface area contributed by atoms with E-state index in [1.54, 1.807) is 0 Å². The first-order valence-electron chi connectivity index (χ1n) is 7.80. The summed E-state index contributed by atoms with van der Waals surface area (Å²) in [5, 5.41) is 3.67. The van der Waals surface area contributed by atoms with E-state index in [4.69, 9.17) is 0 Å². The molecule has 0 saturated carbocycles.